The van der Waals surface area contributed by atoms with Crippen molar-refractivity contribution in [3.63, 3.8) is 0 Å². The molecule has 0 fully saturated rings. The van der Waals surface area contributed by atoms with Crippen LogP contribution in [0.4, 0.5) is 0 Å². The standard InChI is InChI=1S/C24H27N3O3/c1-16-9-8-10-17(2)24(16)27-18(3)13-20(19(27)4)14-25-26-23(28)15-30-22-12-7-6-11-21(22)29-5/h6-14H,15H2,1-5H3,(H,26,28)/b25-14+. The van der Waals surface area contributed by atoms with Gasteiger partial charge in [-0.3, -0.25) is 4.79 Å². The molecule has 0 unspecified atom stereocenters. The molecule has 0 aliphatic rings. The van der Waals surface area contributed by atoms with Crippen LogP contribution in [-0.4, -0.2) is 30.4 Å². The molecule has 1 aromatic heterocycles. The number of ether oxygens (including phenoxy) is 2. The Balaban J connectivity index is 1.68. The van der Waals surface area contributed by atoms with E-state index in [9.17, 15) is 4.79 Å². The zero-order valence-corrected chi connectivity index (χ0v) is 18.0. The van der Waals surface area contributed by atoms with E-state index in [1.807, 2.05) is 19.1 Å². The smallest absolute Gasteiger partial charge is 0.277 e. The summed E-state index contributed by atoms with van der Waals surface area (Å²) in [5, 5.41) is 4.10. The zero-order chi connectivity index (χ0) is 21.7. The molecule has 6 nitrogen and oxygen atoms in total. The lowest BCUT2D eigenvalue weighted by Crippen LogP contribution is -2.24. The highest BCUT2D eigenvalue weighted by Gasteiger charge is 2.13. The largest absolute Gasteiger partial charge is 0.493 e. The van der Waals surface area contributed by atoms with Crippen LogP contribution in [0.1, 0.15) is 28.1 Å². The molecule has 30 heavy (non-hydrogen) atoms. The third kappa shape index (κ3) is 4.54. The fourth-order valence-electron chi connectivity index (χ4n) is 3.51. The lowest BCUT2D eigenvalue weighted by molar-refractivity contribution is -0.123. The van der Waals surface area contributed by atoms with Crippen molar-refractivity contribution in [2.75, 3.05) is 13.7 Å². The van der Waals surface area contributed by atoms with Crippen molar-refractivity contribution in [2.24, 2.45) is 5.10 Å². The lowest BCUT2D eigenvalue weighted by Gasteiger charge is -2.15. The minimum absolute atomic E-state index is 0.154. The van der Waals surface area contributed by atoms with Gasteiger partial charge in [-0.25, -0.2) is 5.43 Å². The number of hydrogen-bond donors (Lipinski definition) is 1. The van der Waals surface area contributed by atoms with Crippen molar-refractivity contribution in [1.29, 1.82) is 0 Å². The monoisotopic (exact) mass is 405 g/mol. The van der Waals surface area contributed by atoms with Gasteiger partial charge in [0, 0.05) is 17.0 Å². The molecule has 1 amide bonds. The molecular weight excluding hydrogens is 378 g/mol. The van der Waals surface area contributed by atoms with E-state index in [1.165, 1.54) is 16.8 Å². The summed E-state index contributed by atoms with van der Waals surface area (Å²) in [4.78, 5) is 12.1. The van der Waals surface area contributed by atoms with Gasteiger partial charge in [0.05, 0.1) is 19.0 Å². The molecule has 0 atom stereocenters. The van der Waals surface area contributed by atoms with Crippen LogP contribution in [0.3, 0.4) is 0 Å². The minimum Gasteiger partial charge on any atom is -0.493 e. The molecule has 0 spiro atoms. The van der Waals surface area contributed by atoms with Crippen molar-refractivity contribution in [2.45, 2.75) is 27.7 Å². The van der Waals surface area contributed by atoms with Gasteiger partial charge in [-0.2, -0.15) is 5.10 Å². The fourth-order valence-corrected chi connectivity index (χ4v) is 3.51. The summed E-state index contributed by atoms with van der Waals surface area (Å²) in [5.74, 6) is 0.740. The van der Waals surface area contributed by atoms with E-state index in [1.54, 1.807) is 25.5 Å². The zero-order valence-electron chi connectivity index (χ0n) is 18.0. The number of carbonyl (C=O) groups excluding carboxylic acids is 1. The average molecular weight is 405 g/mol. The second kappa shape index (κ2) is 9.31. The molecule has 3 aromatic rings. The molecule has 0 saturated carbocycles. The molecule has 0 radical (unpaired) electrons. The molecule has 2 aromatic carbocycles. The van der Waals surface area contributed by atoms with Crippen LogP contribution in [0.25, 0.3) is 5.69 Å². The molecular formula is C24H27N3O3. The highest BCUT2D eigenvalue weighted by atomic mass is 16.5. The first-order valence-electron chi connectivity index (χ1n) is 9.75. The molecule has 0 bridgehead atoms. The molecule has 3 rings (SSSR count). The first-order chi connectivity index (χ1) is 14.4. The first kappa shape index (κ1) is 21.2. The summed E-state index contributed by atoms with van der Waals surface area (Å²) in [5.41, 5.74) is 9.23. The first-order valence-corrected chi connectivity index (χ1v) is 9.75. The van der Waals surface area contributed by atoms with E-state index in [0.717, 1.165) is 17.0 Å². The van der Waals surface area contributed by atoms with Crippen LogP contribution in [0.5, 0.6) is 11.5 Å². The second-order valence-corrected chi connectivity index (χ2v) is 7.14. The third-order valence-corrected chi connectivity index (χ3v) is 4.95. The Hall–Kier alpha value is -3.54. The Morgan fingerprint density at radius 2 is 1.70 bits per heavy atom. The van der Waals surface area contributed by atoms with Gasteiger partial charge in [0.25, 0.3) is 5.91 Å². The van der Waals surface area contributed by atoms with Crippen molar-refractivity contribution >= 4 is 12.1 Å². The Morgan fingerprint density at radius 1 is 1.03 bits per heavy atom. The Morgan fingerprint density at radius 3 is 2.37 bits per heavy atom. The van der Waals surface area contributed by atoms with Crippen molar-refractivity contribution in [3.8, 4) is 17.2 Å². The molecule has 6 heteroatoms. The van der Waals surface area contributed by atoms with Gasteiger partial charge in [0.2, 0.25) is 0 Å². The van der Waals surface area contributed by atoms with E-state index in [0.29, 0.717) is 11.5 Å². The predicted molar refractivity (Wildman–Crippen MR) is 119 cm³/mol. The van der Waals surface area contributed by atoms with Crippen LogP contribution in [0.2, 0.25) is 0 Å². The van der Waals surface area contributed by atoms with Crippen LogP contribution in [0.15, 0.2) is 53.6 Å². The van der Waals surface area contributed by atoms with Crippen molar-refractivity contribution in [1.82, 2.24) is 9.99 Å². The number of rotatable bonds is 7. The maximum Gasteiger partial charge on any atom is 0.277 e. The number of carbonyl (C=O) groups is 1. The van der Waals surface area contributed by atoms with Gasteiger partial charge >= 0.3 is 0 Å². The third-order valence-electron chi connectivity index (χ3n) is 4.95. The predicted octanol–water partition coefficient (Wildman–Crippen LogP) is 4.25. The van der Waals surface area contributed by atoms with Gasteiger partial charge in [0.1, 0.15) is 0 Å². The number of hydrazone groups is 1. The maximum absolute atomic E-state index is 12.1. The van der Waals surface area contributed by atoms with Gasteiger partial charge in [-0.15, -0.1) is 0 Å². The number of para-hydroxylation sites is 3. The molecule has 1 N–H and O–H groups in total. The summed E-state index contributed by atoms with van der Waals surface area (Å²) < 4.78 is 12.9. The maximum atomic E-state index is 12.1. The number of aromatic nitrogens is 1. The van der Waals surface area contributed by atoms with E-state index in [4.69, 9.17) is 9.47 Å². The highest BCUT2D eigenvalue weighted by Crippen LogP contribution is 2.26. The number of nitrogens with one attached hydrogen (secondary N) is 1. The summed E-state index contributed by atoms with van der Waals surface area (Å²) in [6, 6.07) is 15.5. The van der Waals surface area contributed by atoms with E-state index in [2.05, 4.69) is 60.1 Å². The van der Waals surface area contributed by atoms with Crippen LogP contribution >= 0.6 is 0 Å². The number of methoxy groups -OCH3 is 1. The number of aryl methyl sites for hydroxylation is 3. The van der Waals surface area contributed by atoms with Gasteiger partial charge in [-0.1, -0.05) is 30.3 Å². The summed E-state index contributed by atoms with van der Waals surface area (Å²) in [7, 11) is 1.56. The highest BCUT2D eigenvalue weighted by molar-refractivity contribution is 5.84. The Kier molecular flexibility index (Phi) is 6.57. The summed E-state index contributed by atoms with van der Waals surface area (Å²) >= 11 is 0. The lowest BCUT2D eigenvalue weighted by atomic mass is 10.1. The number of amides is 1. The number of nitrogens with zero attached hydrogens (tertiary/aromatic N) is 2. The van der Waals surface area contributed by atoms with Crippen LogP contribution in [0, 0.1) is 27.7 Å². The van der Waals surface area contributed by atoms with Crippen molar-refractivity contribution in [3.05, 3.63) is 76.6 Å². The van der Waals surface area contributed by atoms with Gasteiger partial charge in [-0.05, 0) is 57.0 Å². The van der Waals surface area contributed by atoms with Crippen molar-refractivity contribution < 1.29 is 14.3 Å². The van der Waals surface area contributed by atoms with Crippen LogP contribution in [-0.2, 0) is 4.79 Å². The SMILES string of the molecule is COc1ccccc1OCC(=O)N/N=C/c1cc(C)n(-c2c(C)cccc2C)c1C. The normalized spacial score (nSPS) is 11.0. The molecule has 1 heterocycles. The molecule has 156 valence electrons. The van der Waals surface area contributed by atoms with E-state index >= 15 is 0 Å². The van der Waals surface area contributed by atoms with Crippen LogP contribution < -0.4 is 14.9 Å². The number of benzene rings is 2. The molecule has 0 saturated heterocycles. The average Bonchev–Trinajstić information content (AvgIpc) is 3.00. The topological polar surface area (TPSA) is 64.8 Å². The Labute approximate surface area is 177 Å². The molecule has 0 aliphatic carbocycles. The number of hydrogen-bond acceptors (Lipinski definition) is 4. The minimum atomic E-state index is -0.347. The summed E-state index contributed by atoms with van der Waals surface area (Å²) in [6.07, 6.45) is 1.66. The van der Waals surface area contributed by atoms with Gasteiger partial charge < -0.3 is 14.0 Å². The van der Waals surface area contributed by atoms with E-state index < -0.39 is 0 Å². The van der Waals surface area contributed by atoms with E-state index in [-0.39, 0.29) is 12.5 Å². The fraction of sp³-hybridized carbons (Fsp3) is 0.250. The summed E-state index contributed by atoms with van der Waals surface area (Å²) in [6.45, 7) is 8.18. The molecule has 0 aliphatic heterocycles. The second-order valence-electron chi connectivity index (χ2n) is 7.14. The van der Waals surface area contributed by atoms with Gasteiger partial charge in [0.15, 0.2) is 18.1 Å². The quantitative estimate of drug-likeness (QED) is 0.472. The Bertz CT molecular complexity index is 1060.